The second-order valence-electron chi connectivity index (χ2n) is 4.67. The van der Waals surface area contributed by atoms with E-state index in [0.29, 0.717) is 6.54 Å². The third kappa shape index (κ3) is 3.55. The monoisotopic (exact) mass is 248 g/mol. The normalized spacial score (nSPS) is 22.1. The van der Waals surface area contributed by atoms with Crippen molar-refractivity contribution in [2.24, 2.45) is 0 Å². The molecular formula is C14H20N2O2. The number of carbonyl (C=O) groups excluding carboxylic acids is 1. The van der Waals surface area contributed by atoms with E-state index in [2.05, 4.69) is 10.6 Å². The number of amides is 1. The molecule has 1 aliphatic heterocycles. The molecule has 18 heavy (non-hydrogen) atoms. The lowest BCUT2D eigenvalue weighted by Gasteiger charge is -2.18. The van der Waals surface area contributed by atoms with Gasteiger partial charge in [0, 0.05) is 13.1 Å². The number of carbonyl (C=O) groups is 1. The van der Waals surface area contributed by atoms with Crippen molar-refractivity contribution in [3.63, 3.8) is 0 Å². The van der Waals surface area contributed by atoms with Crippen LogP contribution in [0.15, 0.2) is 30.3 Å². The van der Waals surface area contributed by atoms with E-state index in [0.717, 1.165) is 31.4 Å². The van der Waals surface area contributed by atoms with Crippen LogP contribution >= 0.6 is 0 Å². The summed E-state index contributed by atoms with van der Waals surface area (Å²) in [6, 6.07) is 9.32. The van der Waals surface area contributed by atoms with E-state index in [-0.39, 0.29) is 11.9 Å². The van der Waals surface area contributed by atoms with Crippen LogP contribution in [0.3, 0.4) is 0 Å². The Morgan fingerprint density at radius 1 is 1.33 bits per heavy atom. The van der Waals surface area contributed by atoms with Crippen LogP contribution in [0.25, 0.3) is 0 Å². The number of aliphatic hydroxyl groups is 1. The first kappa shape index (κ1) is 13.1. The molecule has 0 spiro atoms. The van der Waals surface area contributed by atoms with Gasteiger partial charge in [-0.1, -0.05) is 30.3 Å². The predicted molar refractivity (Wildman–Crippen MR) is 70.1 cm³/mol. The van der Waals surface area contributed by atoms with Crippen molar-refractivity contribution >= 4 is 5.91 Å². The molecule has 1 amide bonds. The lowest BCUT2D eigenvalue weighted by Crippen LogP contribution is -2.44. The maximum atomic E-state index is 11.7. The molecule has 4 heteroatoms. The zero-order chi connectivity index (χ0) is 12.8. The molecule has 0 aliphatic carbocycles. The molecule has 1 aliphatic rings. The summed E-state index contributed by atoms with van der Waals surface area (Å²) in [5.41, 5.74) is 0.874. The first-order valence-corrected chi connectivity index (χ1v) is 6.51. The fourth-order valence-corrected chi connectivity index (χ4v) is 2.18. The first-order chi connectivity index (χ1) is 8.77. The number of hydrogen-bond acceptors (Lipinski definition) is 3. The summed E-state index contributed by atoms with van der Waals surface area (Å²) >= 11 is 0. The van der Waals surface area contributed by atoms with Gasteiger partial charge in [0.05, 0.1) is 12.1 Å². The second-order valence-corrected chi connectivity index (χ2v) is 4.67. The average molecular weight is 248 g/mol. The van der Waals surface area contributed by atoms with Crippen molar-refractivity contribution in [1.82, 2.24) is 10.6 Å². The van der Waals surface area contributed by atoms with Crippen molar-refractivity contribution in [3.8, 4) is 0 Å². The molecule has 0 bridgehead atoms. The van der Waals surface area contributed by atoms with Gasteiger partial charge in [0.15, 0.2) is 0 Å². The van der Waals surface area contributed by atoms with Crippen LogP contribution in [0.5, 0.6) is 0 Å². The van der Waals surface area contributed by atoms with E-state index in [1.54, 1.807) is 0 Å². The number of aliphatic hydroxyl groups excluding tert-OH is 1. The fourth-order valence-electron chi connectivity index (χ4n) is 2.18. The first-order valence-electron chi connectivity index (χ1n) is 6.51. The van der Waals surface area contributed by atoms with Crippen molar-refractivity contribution in [3.05, 3.63) is 35.9 Å². The minimum atomic E-state index is -0.567. The third-order valence-electron chi connectivity index (χ3n) is 3.28. The van der Waals surface area contributed by atoms with E-state index >= 15 is 0 Å². The summed E-state index contributed by atoms with van der Waals surface area (Å²) in [5.74, 6) is 0.0489. The van der Waals surface area contributed by atoms with Crippen molar-refractivity contribution in [2.75, 3.05) is 13.1 Å². The molecule has 0 radical (unpaired) electrons. The van der Waals surface area contributed by atoms with Crippen molar-refractivity contribution < 1.29 is 9.90 Å². The van der Waals surface area contributed by atoms with E-state index in [1.807, 2.05) is 30.3 Å². The van der Waals surface area contributed by atoms with Crippen LogP contribution in [0.1, 0.15) is 30.9 Å². The van der Waals surface area contributed by atoms with E-state index in [1.165, 1.54) is 0 Å². The van der Waals surface area contributed by atoms with Gasteiger partial charge in [-0.2, -0.15) is 0 Å². The summed E-state index contributed by atoms with van der Waals surface area (Å²) in [6.07, 6.45) is 2.35. The highest BCUT2D eigenvalue weighted by Crippen LogP contribution is 2.12. The second kappa shape index (κ2) is 6.52. The molecule has 4 nitrogen and oxygen atoms in total. The average Bonchev–Trinajstić information content (AvgIpc) is 2.62. The molecule has 2 rings (SSSR count). The quantitative estimate of drug-likeness (QED) is 0.744. The Morgan fingerprint density at radius 3 is 2.89 bits per heavy atom. The lowest BCUT2D eigenvalue weighted by molar-refractivity contribution is -0.122. The van der Waals surface area contributed by atoms with E-state index in [4.69, 9.17) is 0 Å². The standard InChI is InChI=1S/C14H20N2O2/c17-13(11-6-2-1-3-7-11)10-16-12-8-4-5-9-15-14(12)18/h1-3,6-7,12-13,16-17H,4-5,8-10H2,(H,15,18). The molecule has 1 aromatic carbocycles. The SMILES string of the molecule is O=C1NCCCCC1NCC(O)c1ccccc1. The van der Waals surface area contributed by atoms with Gasteiger partial charge in [0.2, 0.25) is 5.91 Å². The Hall–Kier alpha value is -1.39. The van der Waals surface area contributed by atoms with Crippen LogP contribution in [0.2, 0.25) is 0 Å². The Morgan fingerprint density at radius 2 is 2.11 bits per heavy atom. The highest BCUT2D eigenvalue weighted by atomic mass is 16.3. The van der Waals surface area contributed by atoms with Crippen LogP contribution in [-0.2, 0) is 4.79 Å². The fraction of sp³-hybridized carbons (Fsp3) is 0.500. The van der Waals surface area contributed by atoms with Gasteiger partial charge in [-0.05, 0) is 24.8 Å². The molecule has 1 saturated heterocycles. The maximum absolute atomic E-state index is 11.7. The van der Waals surface area contributed by atoms with Gasteiger partial charge in [-0.15, -0.1) is 0 Å². The lowest BCUT2D eigenvalue weighted by atomic mass is 10.1. The Balaban J connectivity index is 1.85. The van der Waals surface area contributed by atoms with E-state index in [9.17, 15) is 9.90 Å². The number of hydrogen-bond donors (Lipinski definition) is 3. The van der Waals surface area contributed by atoms with Crippen molar-refractivity contribution in [2.45, 2.75) is 31.4 Å². The number of benzene rings is 1. The van der Waals surface area contributed by atoms with Crippen LogP contribution in [0, 0.1) is 0 Å². The molecule has 1 heterocycles. The summed E-state index contributed by atoms with van der Waals surface area (Å²) < 4.78 is 0. The van der Waals surface area contributed by atoms with Crippen LogP contribution in [0.4, 0.5) is 0 Å². The molecule has 0 saturated carbocycles. The van der Waals surface area contributed by atoms with Crippen LogP contribution < -0.4 is 10.6 Å². The predicted octanol–water partition coefficient (Wildman–Crippen LogP) is 0.978. The van der Waals surface area contributed by atoms with Crippen molar-refractivity contribution in [1.29, 1.82) is 0 Å². The van der Waals surface area contributed by atoms with Gasteiger partial charge in [-0.3, -0.25) is 4.79 Å². The minimum absolute atomic E-state index is 0.0489. The summed E-state index contributed by atoms with van der Waals surface area (Å²) in [5, 5.41) is 16.0. The maximum Gasteiger partial charge on any atom is 0.237 e. The molecule has 2 atom stereocenters. The summed E-state index contributed by atoms with van der Waals surface area (Å²) in [7, 11) is 0. The number of rotatable bonds is 4. The van der Waals surface area contributed by atoms with E-state index < -0.39 is 6.10 Å². The van der Waals surface area contributed by atoms with Gasteiger partial charge < -0.3 is 15.7 Å². The smallest absolute Gasteiger partial charge is 0.237 e. The Bertz CT molecular complexity index is 381. The molecule has 0 aromatic heterocycles. The molecular weight excluding hydrogens is 228 g/mol. The van der Waals surface area contributed by atoms with Gasteiger partial charge in [0.1, 0.15) is 0 Å². The molecule has 1 fully saturated rings. The minimum Gasteiger partial charge on any atom is -0.387 e. The Kier molecular flexibility index (Phi) is 4.73. The molecule has 2 unspecified atom stereocenters. The summed E-state index contributed by atoms with van der Waals surface area (Å²) in [6.45, 7) is 1.17. The molecule has 98 valence electrons. The van der Waals surface area contributed by atoms with Gasteiger partial charge in [-0.25, -0.2) is 0 Å². The topological polar surface area (TPSA) is 61.4 Å². The van der Waals surface area contributed by atoms with Gasteiger partial charge >= 0.3 is 0 Å². The highest BCUT2D eigenvalue weighted by Gasteiger charge is 2.20. The molecule has 1 aromatic rings. The zero-order valence-electron chi connectivity index (χ0n) is 10.4. The summed E-state index contributed by atoms with van der Waals surface area (Å²) in [4.78, 5) is 11.7. The number of nitrogens with one attached hydrogen (secondary N) is 2. The Labute approximate surface area is 107 Å². The highest BCUT2D eigenvalue weighted by molar-refractivity contribution is 5.81. The van der Waals surface area contributed by atoms with Gasteiger partial charge in [0.25, 0.3) is 0 Å². The molecule has 3 N–H and O–H groups in total. The third-order valence-corrected chi connectivity index (χ3v) is 3.28. The zero-order valence-corrected chi connectivity index (χ0v) is 10.4. The van der Waals surface area contributed by atoms with Crippen LogP contribution in [-0.4, -0.2) is 30.1 Å². The largest absolute Gasteiger partial charge is 0.387 e.